The summed E-state index contributed by atoms with van der Waals surface area (Å²) >= 11 is 1.30. The number of hydrogen-bond acceptors (Lipinski definition) is 5. The van der Waals surface area contributed by atoms with E-state index in [9.17, 15) is 14.0 Å². The van der Waals surface area contributed by atoms with Crippen molar-refractivity contribution in [2.24, 2.45) is 0 Å². The molecule has 26 heavy (non-hydrogen) atoms. The molecule has 2 heterocycles. The van der Waals surface area contributed by atoms with Gasteiger partial charge in [-0.15, -0.1) is 11.3 Å². The van der Waals surface area contributed by atoms with Gasteiger partial charge >= 0.3 is 0 Å². The Morgan fingerprint density at radius 1 is 1.23 bits per heavy atom. The standard InChI is InChI=1S/C18H12FN3O3S/c19-11-3-1-10(2-4-11)18-22-14(9-26-18)17(24)20-12-5-6-15-13(7-12)21-16(23)8-25-15/h1-7,9H,8H2,(H,20,24)(H,21,23). The smallest absolute Gasteiger partial charge is 0.275 e. The highest BCUT2D eigenvalue weighted by atomic mass is 32.1. The number of anilines is 2. The molecular weight excluding hydrogens is 357 g/mol. The minimum atomic E-state index is -0.377. The highest BCUT2D eigenvalue weighted by Gasteiger charge is 2.17. The van der Waals surface area contributed by atoms with E-state index < -0.39 is 0 Å². The molecule has 0 saturated carbocycles. The van der Waals surface area contributed by atoms with Gasteiger partial charge in [0.2, 0.25) is 0 Å². The molecule has 0 saturated heterocycles. The molecule has 0 radical (unpaired) electrons. The Kier molecular flexibility index (Phi) is 4.10. The zero-order valence-corrected chi connectivity index (χ0v) is 14.1. The second-order valence-corrected chi connectivity index (χ2v) is 6.40. The van der Waals surface area contributed by atoms with Crippen LogP contribution in [0, 0.1) is 5.82 Å². The Bertz CT molecular complexity index is 1000. The molecule has 0 unspecified atom stereocenters. The van der Waals surface area contributed by atoms with Crippen molar-refractivity contribution in [1.29, 1.82) is 0 Å². The molecule has 4 rings (SSSR count). The minimum Gasteiger partial charge on any atom is -0.482 e. The van der Waals surface area contributed by atoms with Crippen molar-refractivity contribution in [2.45, 2.75) is 0 Å². The zero-order valence-electron chi connectivity index (χ0n) is 13.3. The number of ether oxygens (including phenoxy) is 1. The van der Waals surface area contributed by atoms with Crippen LogP contribution in [-0.4, -0.2) is 23.4 Å². The lowest BCUT2D eigenvalue weighted by atomic mass is 10.2. The molecule has 2 amide bonds. The number of nitrogens with one attached hydrogen (secondary N) is 2. The van der Waals surface area contributed by atoms with E-state index >= 15 is 0 Å². The quantitative estimate of drug-likeness (QED) is 0.740. The minimum absolute atomic E-state index is 0.0241. The van der Waals surface area contributed by atoms with Crippen molar-refractivity contribution < 1.29 is 18.7 Å². The Hall–Kier alpha value is -3.26. The number of thiazole rings is 1. The van der Waals surface area contributed by atoms with E-state index in [1.807, 2.05) is 0 Å². The van der Waals surface area contributed by atoms with Crippen molar-refractivity contribution >= 4 is 34.5 Å². The number of rotatable bonds is 3. The maximum Gasteiger partial charge on any atom is 0.275 e. The first kappa shape index (κ1) is 16.2. The summed E-state index contributed by atoms with van der Waals surface area (Å²) in [6.45, 7) is -0.0241. The highest BCUT2D eigenvalue weighted by Crippen LogP contribution is 2.31. The first-order valence-electron chi connectivity index (χ1n) is 7.68. The Morgan fingerprint density at radius 2 is 2.04 bits per heavy atom. The largest absolute Gasteiger partial charge is 0.482 e. The first-order chi connectivity index (χ1) is 12.6. The summed E-state index contributed by atoms with van der Waals surface area (Å²) in [5, 5.41) is 7.68. The summed E-state index contributed by atoms with van der Waals surface area (Å²) in [6.07, 6.45) is 0. The normalized spacial score (nSPS) is 12.7. The van der Waals surface area contributed by atoms with Gasteiger partial charge in [0, 0.05) is 16.6 Å². The molecular formula is C18H12FN3O3S. The summed E-state index contributed by atoms with van der Waals surface area (Å²) in [7, 11) is 0. The molecule has 0 bridgehead atoms. The second-order valence-electron chi connectivity index (χ2n) is 5.55. The van der Waals surface area contributed by atoms with Crippen molar-refractivity contribution in [3.8, 4) is 16.3 Å². The van der Waals surface area contributed by atoms with E-state index in [0.29, 0.717) is 22.1 Å². The average molecular weight is 369 g/mol. The van der Waals surface area contributed by atoms with Gasteiger partial charge in [0.1, 0.15) is 22.3 Å². The number of carbonyl (C=O) groups is 2. The maximum atomic E-state index is 13.0. The number of carbonyl (C=O) groups excluding carboxylic acids is 2. The van der Waals surface area contributed by atoms with Crippen LogP contribution >= 0.6 is 11.3 Å². The van der Waals surface area contributed by atoms with Crippen LogP contribution in [0.25, 0.3) is 10.6 Å². The molecule has 2 N–H and O–H groups in total. The third-order valence-electron chi connectivity index (χ3n) is 3.70. The van der Waals surface area contributed by atoms with Gasteiger partial charge in [-0.05, 0) is 42.5 Å². The molecule has 6 nitrogen and oxygen atoms in total. The Labute approximate surface area is 151 Å². The molecule has 2 aromatic carbocycles. The van der Waals surface area contributed by atoms with Gasteiger partial charge in [0.05, 0.1) is 5.69 Å². The Morgan fingerprint density at radius 3 is 2.85 bits per heavy atom. The number of nitrogens with zero attached hydrogens (tertiary/aromatic N) is 1. The van der Waals surface area contributed by atoms with Crippen molar-refractivity contribution in [1.82, 2.24) is 4.98 Å². The lowest BCUT2D eigenvalue weighted by Gasteiger charge is -2.18. The zero-order chi connectivity index (χ0) is 18.1. The first-order valence-corrected chi connectivity index (χ1v) is 8.56. The van der Waals surface area contributed by atoms with E-state index in [0.717, 1.165) is 5.56 Å². The monoisotopic (exact) mass is 369 g/mol. The summed E-state index contributed by atoms with van der Waals surface area (Å²) in [4.78, 5) is 28.1. The van der Waals surface area contributed by atoms with E-state index in [-0.39, 0.29) is 29.9 Å². The third-order valence-corrected chi connectivity index (χ3v) is 4.59. The number of halogens is 1. The molecule has 0 aliphatic carbocycles. The third kappa shape index (κ3) is 3.27. The molecule has 1 aromatic heterocycles. The number of aromatic nitrogens is 1. The van der Waals surface area contributed by atoms with E-state index in [2.05, 4.69) is 15.6 Å². The van der Waals surface area contributed by atoms with Gasteiger partial charge < -0.3 is 15.4 Å². The molecule has 3 aromatic rings. The van der Waals surface area contributed by atoms with Gasteiger partial charge in [0.15, 0.2) is 6.61 Å². The van der Waals surface area contributed by atoms with Crippen molar-refractivity contribution in [3.05, 3.63) is 59.4 Å². The molecule has 0 fully saturated rings. The topological polar surface area (TPSA) is 80.3 Å². The lowest BCUT2D eigenvalue weighted by molar-refractivity contribution is -0.118. The SMILES string of the molecule is O=C1COc2ccc(NC(=O)c3csc(-c4ccc(F)cc4)n3)cc2N1. The van der Waals surface area contributed by atoms with Crippen LogP contribution in [0.15, 0.2) is 47.8 Å². The Balaban J connectivity index is 1.51. The molecule has 0 atom stereocenters. The number of fused-ring (bicyclic) bond motifs is 1. The molecule has 1 aliphatic heterocycles. The molecule has 0 spiro atoms. The molecule has 8 heteroatoms. The van der Waals surface area contributed by atoms with E-state index in [1.54, 1.807) is 35.7 Å². The van der Waals surface area contributed by atoms with Crippen LogP contribution in [0.3, 0.4) is 0 Å². The maximum absolute atomic E-state index is 13.0. The second kappa shape index (κ2) is 6.57. The fourth-order valence-corrected chi connectivity index (χ4v) is 3.27. The van der Waals surface area contributed by atoms with Crippen molar-refractivity contribution in [2.75, 3.05) is 17.2 Å². The van der Waals surface area contributed by atoms with E-state index in [1.165, 1.54) is 23.5 Å². The highest BCUT2D eigenvalue weighted by molar-refractivity contribution is 7.13. The summed E-state index contributed by atoms with van der Waals surface area (Å²) < 4.78 is 18.3. The lowest BCUT2D eigenvalue weighted by Crippen LogP contribution is -2.25. The van der Waals surface area contributed by atoms with Crippen LogP contribution < -0.4 is 15.4 Å². The van der Waals surface area contributed by atoms with Crippen molar-refractivity contribution in [3.63, 3.8) is 0 Å². The summed E-state index contributed by atoms with van der Waals surface area (Å²) in [5.41, 5.74) is 2.01. The van der Waals surface area contributed by atoms with E-state index in [4.69, 9.17) is 4.74 Å². The van der Waals surface area contributed by atoms with Crippen LogP contribution in [0.5, 0.6) is 5.75 Å². The number of hydrogen-bond donors (Lipinski definition) is 2. The van der Waals surface area contributed by atoms with Gasteiger partial charge in [-0.1, -0.05) is 0 Å². The van der Waals surface area contributed by atoms with Crippen LogP contribution in [0.1, 0.15) is 10.5 Å². The molecule has 1 aliphatic rings. The van der Waals surface area contributed by atoms with Crippen LogP contribution in [0.4, 0.5) is 15.8 Å². The fourth-order valence-electron chi connectivity index (χ4n) is 2.46. The number of benzene rings is 2. The van der Waals surface area contributed by atoms with Gasteiger partial charge in [0.25, 0.3) is 11.8 Å². The average Bonchev–Trinajstić information content (AvgIpc) is 3.12. The fraction of sp³-hybridized carbons (Fsp3) is 0.0556. The van der Waals surface area contributed by atoms with Crippen LogP contribution in [0.2, 0.25) is 0 Å². The summed E-state index contributed by atoms with van der Waals surface area (Å²) in [5.74, 6) is -0.399. The molecule has 130 valence electrons. The number of amides is 2. The predicted molar refractivity (Wildman–Crippen MR) is 96.0 cm³/mol. The van der Waals surface area contributed by atoms with Gasteiger partial charge in [-0.2, -0.15) is 0 Å². The van der Waals surface area contributed by atoms with Crippen LogP contribution in [-0.2, 0) is 4.79 Å². The van der Waals surface area contributed by atoms with Gasteiger partial charge in [-0.3, -0.25) is 9.59 Å². The predicted octanol–water partition coefficient (Wildman–Crippen LogP) is 3.53. The van der Waals surface area contributed by atoms with Gasteiger partial charge in [-0.25, -0.2) is 9.37 Å². The summed E-state index contributed by atoms with van der Waals surface area (Å²) in [6, 6.07) is 10.9.